The van der Waals surface area contributed by atoms with E-state index in [9.17, 15) is 0 Å². The molecule has 0 amide bonds. The van der Waals surface area contributed by atoms with Crippen LogP contribution in [0.1, 0.15) is 32.6 Å². The van der Waals surface area contributed by atoms with Gasteiger partial charge in [0.1, 0.15) is 0 Å². The number of nitrogens with one attached hydrogen (secondary N) is 1. The standard InChI is InChI=1S/C13H21N5O/c1-3-6-14-11-15-12(17-13(16-11)19-2)18-8-9-4-5-10(18)7-9/h9-10H,3-8H2,1-2H3,(H,14,15,16,17). The summed E-state index contributed by atoms with van der Waals surface area (Å²) < 4.78 is 5.19. The lowest BCUT2D eigenvalue weighted by Crippen LogP contribution is -2.33. The molecule has 6 nitrogen and oxygen atoms in total. The third-order valence-corrected chi connectivity index (χ3v) is 3.98. The van der Waals surface area contributed by atoms with Crippen LogP contribution in [0.25, 0.3) is 0 Å². The summed E-state index contributed by atoms with van der Waals surface area (Å²) in [7, 11) is 1.60. The van der Waals surface area contributed by atoms with Gasteiger partial charge in [0.05, 0.1) is 7.11 Å². The quantitative estimate of drug-likeness (QED) is 0.872. The van der Waals surface area contributed by atoms with Crippen LogP contribution in [0.5, 0.6) is 6.01 Å². The monoisotopic (exact) mass is 263 g/mol. The number of fused-ring (bicyclic) bond motifs is 2. The van der Waals surface area contributed by atoms with Crippen LogP contribution in [0.4, 0.5) is 11.9 Å². The normalized spacial score (nSPS) is 24.8. The number of anilines is 2. The largest absolute Gasteiger partial charge is 0.467 e. The Morgan fingerprint density at radius 1 is 1.32 bits per heavy atom. The number of ether oxygens (including phenoxy) is 1. The van der Waals surface area contributed by atoms with E-state index in [1.807, 2.05) is 0 Å². The van der Waals surface area contributed by atoms with Crippen molar-refractivity contribution in [2.75, 3.05) is 30.4 Å². The molecule has 104 valence electrons. The topological polar surface area (TPSA) is 63.2 Å². The Morgan fingerprint density at radius 2 is 2.21 bits per heavy atom. The molecule has 1 aliphatic heterocycles. The average Bonchev–Trinajstić information content (AvgIpc) is 3.07. The van der Waals surface area contributed by atoms with E-state index in [1.165, 1.54) is 19.3 Å². The van der Waals surface area contributed by atoms with E-state index in [0.29, 0.717) is 18.0 Å². The highest BCUT2D eigenvalue weighted by molar-refractivity contribution is 5.41. The number of aromatic nitrogens is 3. The summed E-state index contributed by atoms with van der Waals surface area (Å²) in [5.41, 5.74) is 0. The zero-order valence-electron chi connectivity index (χ0n) is 11.6. The summed E-state index contributed by atoms with van der Waals surface area (Å²) in [4.78, 5) is 15.5. The summed E-state index contributed by atoms with van der Waals surface area (Å²) in [6, 6.07) is 1.00. The maximum Gasteiger partial charge on any atom is 0.322 e. The molecule has 0 spiro atoms. The van der Waals surface area contributed by atoms with Gasteiger partial charge < -0.3 is 15.0 Å². The summed E-state index contributed by atoms with van der Waals surface area (Å²) in [6.07, 6.45) is 4.93. The molecule has 3 rings (SSSR count). The van der Waals surface area contributed by atoms with Crippen molar-refractivity contribution in [3.63, 3.8) is 0 Å². The second-order valence-corrected chi connectivity index (χ2v) is 5.36. The minimum atomic E-state index is 0.395. The van der Waals surface area contributed by atoms with Gasteiger partial charge in [-0.25, -0.2) is 0 Å². The highest BCUT2D eigenvalue weighted by Crippen LogP contribution is 2.39. The molecule has 2 aliphatic rings. The van der Waals surface area contributed by atoms with E-state index in [0.717, 1.165) is 31.4 Å². The van der Waals surface area contributed by atoms with Crippen LogP contribution in [-0.4, -0.2) is 41.2 Å². The van der Waals surface area contributed by atoms with Crippen molar-refractivity contribution < 1.29 is 4.74 Å². The second-order valence-electron chi connectivity index (χ2n) is 5.36. The number of piperidine rings is 1. The average molecular weight is 263 g/mol. The second kappa shape index (κ2) is 5.19. The zero-order valence-corrected chi connectivity index (χ0v) is 11.6. The molecule has 2 unspecified atom stereocenters. The van der Waals surface area contributed by atoms with Crippen LogP contribution in [0, 0.1) is 5.92 Å². The van der Waals surface area contributed by atoms with E-state index < -0.39 is 0 Å². The van der Waals surface area contributed by atoms with Gasteiger partial charge in [-0.15, -0.1) is 0 Å². The molecule has 0 aromatic carbocycles. The SMILES string of the molecule is CCCNc1nc(OC)nc(N2CC3CCC2C3)n1. The van der Waals surface area contributed by atoms with E-state index in [1.54, 1.807) is 7.11 Å². The predicted octanol–water partition coefficient (Wildman–Crippen LogP) is 1.69. The molecule has 1 aromatic rings. The van der Waals surface area contributed by atoms with Gasteiger partial charge in [-0.1, -0.05) is 6.92 Å². The number of hydrogen-bond donors (Lipinski definition) is 1. The van der Waals surface area contributed by atoms with Crippen LogP contribution in [0.3, 0.4) is 0 Å². The fourth-order valence-electron chi connectivity index (χ4n) is 3.05. The van der Waals surface area contributed by atoms with E-state index in [4.69, 9.17) is 4.74 Å². The first-order valence-electron chi connectivity index (χ1n) is 7.10. The molecule has 1 aliphatic carbocycles. The highest BCUT2D eigenvalue weighted by Gasteiger charge is 2.39. The highest BCUT2D eigenvalue weighted by atomic mass is 16.5. The first-order valence-corrected chi connectivity index (χ1v) is 7.10. The van der Waals surface area contributed by atoms with Gasteiger partial charge in [0.15, 0.2) is 0 Å². The molecule has 2 atom stereocenters. The molecular weight excluding hydrogens is 242 g/mol. The Labute approximate surface area is 113 Å². The Bertz CT molecular complexity index is 453. The van der Waals surface area contributed by atoms with Gasteiger partial charge in [0.25, 0.3) is 0 Å². The van der Waals surface area contributed by atoms with Crippen molar-refractivity contribution in [3.8, 4) is 6.01 Å². The van der Waals surface area contributed by atoms with Crippen molar-refractivity contribution in [1.82, 2.24) is 15.0 Å². The van der Waals surface area contributed by atoms with Crippen LogP contribution in [-0.2, 0) is 0 Å². The van der Waals surface area contributed by atoms with Gasteiger partial charge in [-0.2, -0.15) is 15.0 Å². The van der Waals surface area contributed by atoms with Gasteiger partial charge in [0, 0.05) is 19.1 Å². The molecule has 2 fully saturated rings. The van der Waals surface area contributed by atoms with Crippen LogP contribution in [0.2, 0.25) is 0 Å². The van der Waals surface area contributed by atoms with Gasteiger partial charge >= 0.3 is 6.01 Å². The molecule has 1 N–H and O–H groups in total. The maximum absolute atomic E-state index is 5.19. The van der Waals surface area contributed by atoms with Crippen LogP contribution >= 0.6 is 0 Å². The molecule has 6 heteroatoms. The fraction of sp³-hybridized carbons (Fsp3) is 0.769. The Morgan fingerprint density at radius 3 is 2.84 bits per heavy atom. The maximum atomic E-state index is 5.19. The third-order valence-electron chi connectivity index (χ3n) is 3.98. The van der Waals surface area contributed by atoms with Crippen molar-refractivity contribution in [2.24, 2.45) is 5.92 Å². The molecule has 1 saturated carbocycles. The molecule has 2 bridgehead atoms. The number of hydrogen-bond acceptors (Lipinski definition) is 6. The van der Waals surface area contributed by atoms with E-state index in [-0.39, 0.29) is 0 Å². The molecule has 19 heavy (non-hydrogen) atoms. The molecule has 1 aromatic heterocycles. The third kappa shape index (κ3) is 2.43. The molecule has 2 heterocycles. The Hall–Kier alpha value is -1.59. The first-order chi connectivity index (χ1) is 9.30. The summed E-state index contributed by atoms with van der Waals surface area (Å²) in [6.45, 7) is 4.05. The number of rotatable bonds is 5. The predicted molar refractivity (Wildman–Crippen MR) is 73.6 cm³/mol. The van der Waals surface area contributed by atoms with Crippen LogP contribution < -0.4 is 15.0 Å². The summed E-state index contributed by atoms with van der Waals surface area (Å²) in [5, 5.41) is 3.21. The Balaban J connectivity index is 1.83. The van der Waals surface area contributed by atoms with E-state index >= 15 is 0 Å². The molecule has 0 radical (unpaired) electrons. The van der Waals surface area contributed by atoms with Crippen LogP contribution in [0.15, 0.2) is 0 Å². The minimum absolute atomic E-state index is 0.395. The smallest absolute Gasteiger partial charge is 0.322 e. The molecule has 1 saturated heterocycles. The van der Waals surface area contributed by atoms with Gasteiger partial charge in [0.2, 0.25) is 11.9 Å². The number of methoxy groups -OCH3 is 1. The lowest BCUT2D eigenvalue weighted by molar-refractivity contribution is 0.378. The summed E-state index contributed by atoms with van der Waals surface area (Å²) >= 11 is 0. The zero-order chi connectivity index (χ0) is 13.2. The first kappa shape index (κ1) is 12.4. The van der Waals surface area contributed by atoms with Gasteiger partial charge in [-0.05, 0) is 31.6 Å². The summed E-state index contributed by atoms with van der Waals surface area (Å²) in [5.74, 6) is 2.20. The fourth-order valence-corrected chi connectivity index (χ4v) is 3.05. The molecular formula is C13H21N5O. The van der Waals surface area contributed by atoms with Crippen molar-refractivity contribution in [2.45, 2.75) is 38.6 Å². The van der Waals surface area contributed by atoms with Crippen molar-refractivity contribution in [3.05, 3.63) is 0 Å². The minimum Gasteiger partial charge on any atom is -0.467 e. The van der Waals surface area contributed by atoms with Gasteiger partial charge in [-0.3, -0.25) is 0 Å². The van der Waals surface area contributed by atoms with Crippen molar-refractivity contribution >= 4 is 11.9 Å². The lowest BCUT2D eigenvalue weighted by Gasteiger charge is -2.27. The van der Waals surface area contributed by atoms with Crippen molar-refractivity contribution in [1.29, 1.82) is 0 Å². The Kier molecular flexibility index (Phi) is 3.40. The lowest BCUT2D eigenvalue weighted by atomic mass is 10.1. The number of nitrogens with zero attached hydrogens (tertiary/aromatic N) is 4. The van der Waals surface area contributed by atoms with E-state index in [2.05, 4.69) is 32.1 Å².